The second-order valence-electron chi connectivity index (χ2n) is 8.50. The van der Waals surface area contributed by atoms with Crippen molar-refractivity contribution in [3.05, 3.63) is 58.6 Å². The van der Waals surface area contributed by atoms with Gasteiger partial charge in [-0.2, -0.15) is 0 Å². The molecule has 0 atom stereocenters. The third-order valence-electron chi connectivity index (χ3n) is 6.54. The van der Waals surface area contributed by atoms with E-state index >= 15 is 0 Å². The Hall–Kier alpha value is -2.23. The van der Waals surface area contributed by atoms with Crippen molar-refractivity contribution in [2.75, 3.05) is 24.5 Å². The van der Waals surface area contributed by atoms with Crippen molar-refractivity contribution in [1.29, 1.82) is 0 Å². The summed E-state index contributed by atoms with van der Waals surface area (Å²) in [4.78, 5) is 18.3. The largest absolute Gasteiger partial charge is 0.465 e. The lowest BCUT2D eigenvalue weighted by atomic mass is 9.90. The van der Waals surface area contributed by atoms with Gasteiger partial charge in [0.2, 0.25) is 10.0 Å². The standard InChI is InChI=1S/C23H27ClFN3O4S/c1-32-23(29)16-5-6-17(26-14-16)15-28(19-7-8-22(25)21(24)13-19)33(30,31)20-9-11-27(12-10-20)18-3-2-4-18/h5-8,13-14,18,20H,2-4,9-12,15H2,1H3. The molecule has 178 valence electrons. The molecular weight excluding hydrogens is 469 g/mol. The van der Waals surface area contributed by atoms with Crippen molar-refractivity contribution < 1.29 is 22.3 Å². The first-order valence-corrected chi connectivity index (χ1v) is 12.9. The molecule has 0 spiro atoms. The lowest BCUT2D eigenvalue weighted by molar-refractivity contribution is 0.0600. The maximum Gasteiger partial charge on any atom is 0.339 e. The molecule has 0 N–H and O–H groups in total. The molecule has 0 amide bonds. The number of likely N-dealkylation sites (tertiary alicyclic amines) is 1. The molecule has 1 aliphatic carbocycles. The smallest absolute Gasteiger partial charge is 0.339 e. The van der Waals surface area contributed by atoms with E-state index in [0.29, 0.717) is 24.6 Å². The molecule has 33 heavy (non-hydrogen) atoms. The van der Waals surface area contributed by atoms with Crippen molar-refractivity contribution in [1.82, 2.24) is 9.88 Å². The van der Waals surface area contributed by atoms with Crippen LogP contribution in [0.25, 0.3) is 0 Å². The summed E-state index contributed by atoms with van der Waals surface area (Å²) in [6, 6.07) is 7.59. The van der Waals surface area contributed by atoms with E-state index in [1.165, 1.54) is 55.1 Å². The number of pyridine rings is 1. The first-order valence-electron chi connectivity index (χ1n) is 11.0. The summed E-state index contributed by atoms with van der Waals surface area (Å²) >= 11 is 5.97. The van der Waals surface area contributed by atoms with Gasteiger partial charge >= 0.3 is 5.97 Å². The lowest BCUT2D eigenvalue weighted by Gasteiger charge is -2.42. The van der Waals surface area contributed by atoms with E-state index in [1.54, 1.807) is 6.07 Å². The molecule has 1 aromatic carbocycles. The molecular formula is C23H27ClFN3O4S. The molecule has 1 saturated carbocycles. The summed E-state index contributed by atoms with van der Waals surface area (Å²) in [5.74, 6) is -1.14. The minimum atomic E-state index is -3.78. The van der Waals surface area contributed by atoms with Crippen LogP contribution in [-0.4, -0.2) is 55.8 Å². The second-order valence-corrected chi connectivity index (χ2v) is 11.0. The van der Waals surface area contributed by atoms with Gasteiger partial charge in [0.1, 0.15) is 5.82 Å². The van der Waals surface area contributed by atoms with Crippen LogP contribution >= 0.6 is 11.6 Å². The van der Waals surface area contributed by atoms with Gasteiger partial charge in [0.15, 0.2) is 0 Å². The number of sulfonamides is 1. The Morgan fingerprint density at radius 3 is 2.48 bits per heavy atom. The van der Waals surface area contributed by atoms with Crippen molar-refractivity contribution >= 4 is 33.3 Å². The van der Waals surface area contributed by atoms with E-state index in [-0.39, 0.29) is 22.8 Å². The molecule has 2 fully saturated rings. The summed E-state index contributed by atoms with van der Waals surface area (Å²) in [7, 11) is -2.50. The summed E-state index contributed by atoms with van der Waals surface area (Å²) in [6.45, 7) is 1.44. The van der Waals surface area contributed by atoms with E-state index in [9.17, 15) is 17.6 Å². The van der Waals surface area contributed by atoms with E-state index in [2.05, 4.69) is 14.6 Å². The van der Waals surface area contributed by atoms with Crippen LogP contribution < -0.4 is 4.31 Å². The minimum absolute atomic E-state index is 0.0609. The molecule has 1 aromatic heterocycles. The maximum absolute atomic E-state index is 13.8. The fourth-order valence-corrected chi connectivity index (χ4v) is 6.40. The number of carbonyl (C=O) groups excluding carboxylic acids is 1. The van der Waals surface area contributed by atoms with Crippen molar-refractivity contribution in [3.63, 3.8) is 0 Å². The lowest BCUT2D eigenvalue weighted by Crippen LogP contribution is -2.49. The zero-order valence-corrected chi connectivity index (χ0v) is 20.0. The molecule has 0 unspecified atom stereocenters. The number of esters is 1. The maximum atomic E-state index is 13.8. The summed E-state index contributed by atoms with van der Waals surface area (Å²) in [5.41, 5.74) is 0.990. The van der Waals surface area contributed by atoms with Crippen molar-refractivity contribution in [3.8, 4) is 0 Å². The van der Waals surface area contributed by atoms with E-state index in [0.717, 1.165) is 19.2 Å². The number of methoxy groups -OCH3 is 1. The third-order valence-corrected chi connectivity index (χ3v) is 9.10. The predicted molar refractivity (Wildman–Crippen MR) is 124 cm³/mol. The number of anilines is 1. The van der Waals surface area contributed by atoms with Crippen LogP contribution in [0.4, 0.5) is 10.1 Å². The van der Waals surface area contributed by atoms with Crippen LogP contribution in [0.2, 0.25) is 5.02 Å². The number of hydrogen-bond acceptors (Lipinski definition) is 6. The summed E-state index contributed by atoms with van der Waals surface area (Å²) in [6.07, 6.45) is 6.04. The van der Waals surface area contributed by atoms with E-state index in [4.69, 9.17) is 11.6 Å². The molecule has 2 heterocycles. The molecule has 0 bridgehead atoms. The van der Waals surface area contributed by atoms with Gasteiger partial charge in [0.25, 0.3) is 0 Å². The average Bonchev–Trinajstić information content (AvgIpc) is 2.78. The van der Waals surface area contributed by atoms with Crippen LogP contribution in [-0.2, 0) is 21.3 Å². The summed E-state index contributed by atoms with van der Waals surface area (Å²) in [5, 5.41) is -0.700. The van der Waals surface area contributed by atoms with Crippen LogP contribution in [0.3, 0.4) is 0 Å². The zero-order valence-electron chi connectivity index (χ0n) is 18.4. The highest BCUT2D eigenvalue weighted by Gasteiger charge is 2.37. The molecule has 2 aliphatic rings. The van der Waals surface area contributed by atoms with Gasteiger partial charge in [-0.05, 0) is 69.1 Å². The number of benzene rings is 1. The quantitative estimate of drug-likeness (QED) is 0.540. The molecule has 10 heteroatoms. The first kappa shape index (κ1) is 23.9. The molecule has 2 aromatic rings. The highest BCUT2D eigenvalue weighted by Crippen LogP contribution is 2.33. The third kappa shape index (κ3) is 5.15. The van der Waals surface area contributed by atoms with Gasteiger partial charge in [-0.25, -0.2) is 17.6 Å². The Kier molecular flexibility index (Phi) is 7.21. The number of nitrogens with zero attached hydrogens (tertiary/aromatic N) is 3. The van der Waals surface area contributed by atoms with Crippen molar-refractivity contribution in [2.45, 2.75) is 49.9 Å². The molecule has 1 saturated heterocycles. The van der Waals surface area contributed by atoms with Gasteiger partial charge in [0.05, 0.1) is 40.9 Å². The SMILES string of the molecule is COC(=O)c1ccc(CN(c2ccc(F)c(Cl)c2)S(=O)(=O)C2CCN(C3CCC3)CC2)nc1. The number of piperidine rings is 1. The molecule has 7 nitrogen and oxygen atoms in total. The average molecular weight is 496 g/mol. The predicted octanol–water partition coefficient (Wildman–Crippen LogP) is 4.01. The second kappa shape index (κ2) is 9.95. The van der Waals surface area contributed by atoms with Crippen LogP contribution in [0.15, 0.2) is 36.5 Å². The van der Waals surface area contributed by atoms with Crippen LogP contribution in [0.5, 0.6) is 0 Å². The van der Waals surface area contributed by atoms with Crippen LogP contribution in [0.1, 0.15) is 48.2 Å². The van der Waals surface area contributed by atoms with E-state index in [1.807, 2.05) is 0 Å². The Bertz CT molecular complexity index is 1100. The Labute approximate surface area is 198 Å². The highest BCUT2D eigenvalue weighted by atomic mass is 35.5. The van der Waals surface area contributed by atoms with Gasteiger partial charge in [-0.15, -0.1) is 0 Å². The molecule has 1 aliphatic heterocycles. The Balaban J connectivity index is 1.59. The van der Waals surface area contributed by atoms with E-state index < -0.39 is 27.1 Å². The number of ether oxygens (including phenoxy) is 1. The van der Waals surface area contributed by atoms with Crippen LogP contribution in [0, 0.1) is 5.82 Å². The number of aromatic nitrogens is 1. The van der Waals surface area contributed by atoms with Gasteiger partial charge in [-0.3, -0.25) is 9.29 Å². The summed E-state index contributed by atoms with van der Waals surface area (Å²) < 4.78 is 47.2. The normalized spacial score (nSPS) is 18.0. The topological polar surface area (TPSA) is 79.8 Å². The number of hydrogen-bond donors (Lipinski definition) is 0. The minimum Gasteiger partial charge on any atom is -0.465 e. The number of rotatable bonds is 7. The zero-order chi connectivity index (χ0) is 23.6. The van der Waals surface area contributed by atoms with Crippen molar-refractivity contribution in [2.24, 2.45) is 0 Å². The Morgan fingerprint density at radius 1 is 1.21 bits per heavy atom. The first-order chi connectivity index (χ1) is 15.8. The monoisotopic (exact) mass is 495 g/mol. The molecule has 4 rings (SSSR count). The van der Waals surface area contributed by atoms with Gasteiger partial charge in [0, 0.05) is 12.2 Å². The fourth-order valence-electron chi connectivity index (χ4n) is 4.34. The molecule has 0 radical (unpaired) electrons. The van der Waals surface area contributed by atoms with Gasteiger partial charge in [-0.1, -0.05) is 18.0 Å². The fraction of sp³-hybridized carbons (Fsp3) is 0.478. The highest BCUT2D eigenvalue weighted by molar-refractivity contribution is 7.93. The number of halogens is 2. The Morgan fingerprint density at radius 2 is 1.94 bits per heavy atom. The number of carbonyl (C=O) groups is 1. The van der Waals surface area contributed by atoms with Gasteiger partial charge < -0.3 is 9.64 Å².